The Hall–Kier alpha value is -1.87. The number of hydrogen-bond acceptors (Lipinski definition) is 4. The number of anilines is 1. The van der Waals surface area contributed by atoms with Crippen molar-refractivity contribution >= 4 is 51.5 Å². The molecule has 2 aromatic carbocycles. The molecular weight excluding hydrogens is 433 g/mol. The topological polar surface area (TPSA) is 84.3 Å². The van der Waals surface area contributed by atoms with Gasteiger partial charge in [0.1, 0.15) is 0 Å². The monoisotopic (exact) mass is 445 g/mol. The number of nitrogens with one attached hydrogen (secondary N) is 2. The molecule has 0 spiro atoms. The first-order valence-electron chi connectivity index (χ1n) is 6.69. The van der Waals surface area contributed by atoms with Crippen LogP contribution < -0.4 is 10.6 Å². The molecule has 0 aliphatic rings. The molecule has 2 aromatic rings. The predicted molar refractivity (Wildman–Crippen MR) is 98.1 cm³/mol. The van der Waals surface area contributed by atoms with Crippen molar-refractivity contribution in [1.29, 1.82) is 0 Å². The van der Waals surface area contributed by atoms with Gasteiger partial charge in [0.05, 0.1) is 10.5 Å². The Bertz CT molecular complexity index is 722. The molecule has 6 nitrogen and oxygen atoms in total. The normalized spacial score (nSPS) is 10.2. The van der Waals surface area contributed by atoms with Gasteiger partial charge in [0.15, 0.2) is 0 Å². The van der Waals surface area contributed by atoms with Crippen LogP contribution in [0, 0.1) is 13.7 Å². The number of nitro groups is 1. The van der Waals surface area contributed by atoms with Gasteiger partial charge in [-0.2, -0.15) is 0 Å². The van der Waals surface area contributed by atoms with E-state index in [-0.39, 0.29) is 11.6 Å². The van der Waals surface area contributed by atoms with Gasteiger partial charge in [-0.1, -0.05) is 11.6 Å². The molecule has 2 N–H and O–H groups in total. The maximum atomic E-state index is 12.1. The van der Waals surface area contributed by atoms with Crippen molar-refractivity contribution in [2.75, 3.05) is 18.4 Å². The first kappa shape index (κ1) is 17.5. The minimum absolute atomic E-state index is 0.0411. The fourth-order valence-electron chi connectivity index (χ4n) is 1.85. The zero-order valence-electron chi connectivity index (χ0n) is 11.9. The van der Waals surface area contributed by atoms with Gasteiger partial charge in [0, 0.05) is 39.5 Å². The molecule has 0 saturated carbocycles. The molecule has 0 aromatic heterocycles. The lowest BCUT2D eigenvalue weighted by molar-refractivity contribution is -0.384. The number of amides is 1. The van der Waals surface area contributed by atoms with Gasteiger partial charge < -0.3 is 10.6 Å². The van der Waals surface area contributed by atoms with Crippen LogP contribution in [-0.2, 0) is 0 Å². The van der Waals surface area contributed by atoms with E-state index >= 15 is 0 Å². The molecule has 8 heteroatoms. The van der Waals surface area contributed by atoms with E-state index < -0.39 is 4.92 Å². The highest BCUT2D eigenvalue weighted by Crippen LogP contribution is 2.18. The summed E-state index contributed by atoms with van der Waals surface area (Å²) in [7, 11) is 0. The Morgan fingerprint density at radius 2 is 1.87 bits per heavy atom. The molecule has 0 fully saturated rings. The first-order chi connectivity index (χ1) is 11.0. The number of nitrogens with zero attached hydrogens (tertiary/aromatic N) is 1. The van der Waals surface area contributed by atoms with E-state index in [0.717, 1.165) is 9.26 Å². The molecule has 0 bridgehead atoms. The van der Waals surface area contributed by atoms with Gasteiger partial charge in [-0.15, -0.1) is 0 Å². The molecule has 0 saturated heterocycles. The third-order valence-electron chi connectivity index (χ3n) is 2.99. The molecular formula is C15H13ClIN3O3. The quantitative estimate of drug-likeness (QED) is 0.307. The maximum Gasteiger partial charge on any atom is 0.269 e. The molecule has 0 heterocycles. The van der Waals surface area contributed by atoms with Crippen LogP contribution in [0.25, 0.3) is 0 Å². The molecule has 0 aliphatic heterocycles. The van der Waals surface area contributed by atoms with Gasteiger partial charge in [0.2, 0.25) is 0 Å². The third-order valence-corrected chi connectivity index (χ3v) is 4.17. The van der Waals surface area contributed by atoms with Gasteiger partial charge in [-0.25, -0.2) is 0 Å². The van der Waals surface area contributed by atoms with Crippen molar-refractivity contribution < 1.29 is 9.72 Å². The van der Waals surface area contributed by atoms with Gasteiger partial charge in [-0.3, -0.25) is 14.9 Å². The SMILES string of the molecule is O=C(NCCNc1ccc([N+](=O)[O-])cc1)c1cc(Cl)ccc1I. The number of halogens is 2. The summed E-state index contributed by atoms with van der Waals surface area (Å²) >= 11 is 7.97. The van der Waals surface area contributed by atoms with E-state index in [2.05, 4.69) is 33.2 Å². The Morgan fingerprint density at radius 3 is 2.52 bits per heavy atom. The average molecular weight is 446 g/mol. The Kier molecular flexibility index (Phi) is 6.17. The summed E-state index contributed by atoms with van der Waals surface area (Å²) < 4.78 is 0.827. The molecule has 0 unspecified atom stereocenters. The predicted octanol–water partition coefficient (Wildman–Crippen LogP) is 3.69. The van der Waals surface area contributed by atoms with E-state index in [1.165, 1.54) is 12.1 Å². The van der Waals surface area contributed by atoms with Crippen LogP contribution in [0.2, 0.25) is 5.02 Å². The van der Waals surface area contributed by atoms with Crippen molar-refractivity contribution in [3.05, 3.63) is 66.7 Å². The Morgan fingerprint density at radius 1 is 1.17 bits per heavy atom. The highest BCUT2D eigenvalue weighted by molar-refractivity contribution is 14.1. The Labute approximate surface area is 151 Å². The fourth-order valence-corrected chi connectivity index (χ4v) is 2.60. The van der Waals surface area contributed by atoms with E-state index in [9.17, 15) is 14.9 Å². The third kappa shape index (κ3) is 5.07. The fraction of sp³-hybridized carbons (Fsp3) is 0.133. The minimum atomic E-state index is -0.448. The van der Waals surface area contributed by atoms with Crippen LogP contribution in [0.15, 0.2) is 42.5 Å². The van der Waals surface area contributed by atoms with Crippen molar-refractivity contribution in [1.82, 2.24) is 5.32 Å². The molecule has 0 aliphatic carbocycles. The number of benzene rings is 2. The van der Waals surface area contributed by atoms with Gasteiger partial charge in [0.25, 0.3) is 11.6 Å². The largest absolute Gasteiger partial charge is 0.383 e. The van der Waals surface area contributed by atoms with Gasteiger partial charge >= 0.3 is 0 Å². The van der Waals surface area contributed by atoms with Crippen LogP contribution in [0.5, 0.6) is 0 Å². The second-order valence-electron chi connectivity index (χ2n) is 4.61. The smallest absolute Gasteiger partial charge is 0.269 e. The molecule has 120 valence electrons. The molecule has 1 amide bonds. The second kappa shape index (κ2) is 8.11. The van der Waals surface area contributed by atoms with Crippen molar-refractivity contribution in [3.8, 4) is 0 Å². The summed E-state index contributed by atoms with van der Waals surface area (Å²) in [5.74, 6) is -0.192. The number of carbonyl (C=O) groups excluding carboxylic acids is 1. The summed E-state index contributed by atoms with van der Waals surface area (Å²) in [6.07, 6.45) is 0. The van der Waals surface area contributed by atoms with Crippen LogP contribution in [0.1, 0.15) is 10.4 Å². The van der Waals surface area contributed by atoms with Gasteiger partial charge in [-0.05, 0) is 52.9 Å². The number of carbonyl (C=O) groups is 1. The standard InChI is InChI=1S/C15H13ClIN3O3/c16-10-1-6-14(17)13(9-10)15(21)19-8-7-18-11-2-4-12(5-3-11)20(22)23/h1-6,9,18H,7-8H2,(H,19,21). The number of hydrogen-bond donors (Lipinski definition) is 2. The van der Waals surface area contributed by atoms with E-state index in [4.69, 9.17) is 11.6 Å². The van der Waals surface area contributed by atoms with E-state index in [1.54, 1.807) is 30.3 Å². The van der Waals surface area contributed by atoms with Crippen LogP contribution in [0.3, 0.4) is 0 Å². The average Bonchev–Trinajstić information content (AvgIpc) is 2.54. The lowest BCUT2D eigenvalue weighted by Gasteiger charge is -2.09. The molecule has 0 radical (unpaired) electrons. The lowest BCUT2D eigenvalue weighted by Crippen LogP contribution is -2.29. The summed E-state index contributed by atoms with van der Waals surface area (Å²) in [6.45, 7) is 0.916. The maximum absolute atomic E-state index is 12.1. The molecule has 23 heavy (non-hydrogen) atoms. The minimum Gasteiger partial charge on any atom is -0.383 e. The first-order valence-corrected chi connectivity index (χ1v) is 8.14. The summed E-state index contributed by atoms with van der Waals surface area (Å²) in [4.78, 5) is 22.2. The Balaban J connectivity index is 1.82. The number of non-ortho nitro benzene ring substituents is 1. The highest BCUT2D eigenvalue weighted by Gasteiger charge is 2.10. The number of rotatable bonds is 6. The lowest BCUT2D eigenvalue weighted by atomic mass is 10.2. The van der Waals surface area contributed by atoms with Crippen molar-refractivity contribution in [3.63, 3.8) is 0 Å². The molecule has 0 atom stereocenters. The van der Waals surface area contributed by atoms with Crippen molar-refractivity contribution in [2.24, 2.45) is 0 Å². The molecule has 2 rings (SSSR count). The highest BCUT2D eigenvalue weighted by atomic mass is 127. The van der Waals surface area contributed by atoms with Crippen LogP contribution in [0.4, 0.5) is 11.4 Å². The summed E-state index contributed by atoms with van der Waals surface area (Å²) in [5.41, 5.74) is 1.33. The zero-order chi connectivity index (χ0) is 16.8. The van der Waals surface area contributed by atoms with E-state index in [1.807, 2.05) is 0 Å². The van der Waals surface area contributed by atoms with Crippen molar-refractivity contribution in [2.45, 2.75) is 0 Å². The zero-order valence-corrected chi connectivity index (χ0v) is 14.8. The van der Waals surface area contributed by atoms with Crippen LogP contribution >= 0.6 is 34.2 Å². The summed E-state index contributed by atoms with van der Waals surface area (Å²) in [5, 5.41) is 16.9. The number of nitro benzene ring substituents is 1. The second-order valence-corrected chi connectivity index (χ2v) is 6.21. The summed E-state index contributed by atoms with van der Waals surface area (Å²) in [6, 6.07) is 11.2. The van der Waals surface area contributed by atoms with E-state index in [0.29, 0.717) is 23.7 Å². The van der Waals surface area contributed by atoms with Crippen LogP contribution in [-0.4, -0.2) is 23.9 Å².